The van der Waals surface area contributed by atoms with Gasteiger partial charge in [-0.1, -0.05) is 144 Å². The molecule has 5 radical (unpaired) electrons. The third-order valence-corrected chi connectivity index (χ3v) is 19.6. The Balaban J connectivity index is -0.00000113. The zero-order valence-corrected chi connectivity index (χ0v) is 69.1. The van der Waals surface area contributed by atoms with Gasteiger partial charge in [-0.15, -0.1) is 47.6 Å². The highest BCUT2D eigenvalue weighted by Crippen LogP contribution is 2.31. The van der Waals surface area contributed by atoms with E-state index in [4.69, 9.17) is 42.1 Å². The number of thiol groups is 1. The highest BCUT2D eigenvalue weighted by molar-refractivity contribution is 9.09. The Bertz CT molecular complexity index is 2800. The summed E-state index contributed by atoms with van der Waals surface area (Å²) in [6.45, 7) is 43.6. The summed E-state index contributed by atoms with van der Waals surface area (Å²) >= 11 is 19.1. The monoisotopic (exact) mass is 1540 g/mol. The van der Waals surface area contributed by atoms with Gasteiger partial charge >= 0.3 is 24.4 Å². The molecule has 4 aliphatic rings. The number of rotatable bonds is 6. The Morgan fingerprint density at radius 1 is 0.500 bits per heavy atom. The molecule has 0 aliphatic carbocycles. The molecule has 4 aliphatic heterocycles. The Labute approximate surface area is 628 Å². The molecule has 15 nitrogen and oxygen atoms in total. The number of hydrogen-bond donors (Lipinski definition) is 1. The average Bonchev–Trinajstić information content (AvgIpc) is 0.807. The molecular formula is C73H119B3BrCl2N4O11S4. The fourth-order valence-corrected chi connectivity index (χ4v) is 13.7. The summed E-state index contributed by atoms with van der Waals surface area (Å²) in [6.07, 6.45) is 5.46. The number of carbonyl (C=O) groups excluding carboxylic acids is 4. The number of benzene rings is 4. The van der Waals surface area contributed by atoms with Crippen LogP contribution in [0.2, 0.25) is 0 Å². The molecule has 4 amide bonds. The van der Waals surface area contributed by atoms with E-state index in [-0.39, 0.29) is 40.6 Å². The molecule has 551 valence electrons. The molecule has 4 aromatic carbocycles. The van der Waals surface area contributed by atoms with Crippen LogP contribution in [0.25, 0.3) is 0 Å². The number of halogens is 3. The minimum atomic E-state index is -3.33. The molecule has 25 heteroatoms. The predicted octanol–water partition coefficient (Wildman–Crippen LogP) is 19.4. The Morgan fingerprint density at radius 2 is 0.765 bits per heavy atom. The quantitative estimate of drug-likeness (QED) is 0.0840. The molecule has 0 bridgehead atoms. The lowest BCUT2D eigenvalue weighted by molar-refractivity contribution is 0.0207. The van der Waals surface area contributed by atoms with Gasteiger partial charge in [0.2, 0.25) is 0 Å². The lowest BCUT2D eigenvalue weighted by Crippen LogP contribution is -2.44. The molecule has 0 aromatic heterocycles. The lowest BCUT2D eigenvalue weighted by Gasteiger charge is -2.33. The first-order valence-electron chi connectivity index (χ1n) is 34.2. The van der Waals surface area contributed by atoms with Crippen molar-refractivity contribution in [3.8, 4) is 0 Å². The van der Waals surface area contributed by atoms with Gasteiger partial charge < -0.3 is 38.5 Å². The summed E-state index contributed by atoms with van der Waals surface area (Å²) in [5.41, 5.74) is -1.81. The fraction of sp³-hybridized carbons (Fsp3) is 0.616. The fourth-order valence-electron chi connectivity index (χ4n) is 8.76. The van der Waals surface area contributed by atoms with E-state index in [9.17, 15) is 31.8 Å². The Kier molecular flexibility index (Phi) is 54.8. The van der Waals surface area contributed by atoms with Crippen LogP contribution >= 0.6 is 63.5 Å². The van der Waals surface area contributed by atoms with E-state index in [0.29, 0.717) is 54.0 Å². The van der Waals surface area contributed by atoms with Crippen molar-refractivity contribution in [2.45, 2.75) is 252 Å². The molecule has 1 atom stereocenters. The first-order valence-corrected chi connectivity index (χ1v) is 40.3. The number of alkyl halides is 3. The molecule has 4 saturated heterocycles. The summed E-state index contributed by atoms with van der Waals surface area (Å²) in [7, 11) is 5.68. The second kappa shape index (κ2) is 54.7. The molecule has 4 fully saturated rings. The zero-order chi connectivity index (χ0) is 75.7. The number of nitrogens with zero attached hydrogens (tertiary/aromatic N) is 4. The van der Waals surface area contributed by atoms with Crippen molar-refractivity contribution in [1.82, 2.24) is 19.6 Å². The van der Waals surface area contributed by atoms with Crippen molar-refractivity contribution < 1.29 is 50.8 Å². The maximum absolute atomic E-state index is 12.6. The zero-order valence-electron chi connectivity index (χ0n) is 62.7. The third kappa shape index (κ3) is 46.5. The SMILES string of the molecule is CC.CC.CC.CC.CC(C)(C)OC(=O)N1CCC(Br)CC1.CC(C)(C)OC(=O)N1CCC(S(=O)(=O)c2ccccc2)CC1.CC(C)(C)OC(=O)N1CCC(S(=O)c2ccccc2)CC1.CC(C)(C)OC(=O)N1CCC(Sc2ccccc2)CC1.ClCCl.Sc1ccccc1.[B][B][B]. The van der Waals surface area contributed by atoms with Gasteiger partial charge in [-0.3, -0.25) is 4.21 Å². The van der Waals surface area contributed by atoms with Crippen LogP contribution in [0.4, 0.5) is 19.2 Å². The van der Waals surface area contributed by atoms with Gasteiger partial charge in [0, 0.05) is 105 Å². The van der Waals surface area contributed by atoms with Gasteiger partial charge in [-0.05, 0) is 183 Å². The Morgan fingerprint density at radius 3 is 1.06 bits per heavy atom. The average molecular weight is 1540 g/mol. The molecule has 0 saturated carbocycles. The van der Waals surface area contributed by atoms with E-state index in [1.807, 2.05) is 222 Å². The van der Waals surface area contributed by atoms with E-state index in [2.05, 4.69) is 68.3 Å². The van der Waals surface area contributed by atoms with Gasteiger partial charge in [0.1, 0.15) is 22.4 Å². The van der Waals surface area contributed by atoms with Gasteiger partial charge in [-0.25, -0.2) is 27.6 Å². The largest absolute Gasteiger partial charge is 0.444 e. The van der Waals surface area contributed by atoms with Gasteiger partial charge in [-0.2, -0.15) is 0 Å². The van der Waals surface area contributed by atoms with Crippen LogP contribution in [0.5, 0.6) is 0 Å². The van der Waals surface area contributed by atoms with E-state index in [1.54, 1.807) is 45.0 Å². The molecule has 1 unspecified atom stereocenters. The molecule has 4 aromatic rings. The van der Waals surface area contributed by atoms with Crippen molar-refractivity contribution in [3.63, 3.8) is 0 Å². The van der Waals surface area contributed by atoms with Crippen LogP contribution in [0.1, 0.15) is 190 Å². The van der Waals surface area contributed by atoms with Gasteiger partial charge in [0.25, 0.3) is 0 Å². The molecule has 4 heterocycles. The van der Waals surface area contributed by atoms with Crippen LogP contribution in [0.3, 0.4) is 0 Å². The minimum Gasteiger partial charge on any atom is -0.444 e. The van der Waals surface area contributed by atoms with Crippen molar-refractivity contribution >= 4 is 131 Å². The number of likely N-dealkylation sites (tertiary alicyclic amines) is 4. The van der Waals surface area contributed by atoms with Crippen LogP contribution in [0.15, 0.2) is 141 Å². The minimum absolute atomic E-state index is 0.117. The number of hydrogen-bond acceptors (Lipinski definition) is 13. The molecule has 8 rings (SSSR count). The second-order valence-corrected chi connectivity index (χ2v) is 33.1. The second-order valence-electron chi connectivity index (χ2n) is 25.2. The van der Waals surface area contributed by atoms with Crippen molar-refractivity contribution in [2.75, 3.05) is 57.7 Å². The topological polar surface area (TPSA) is 169 Å². The van der Waals surface area contributed by atoms with Crippen molar-refractivity contribution in [1.29, 1.82) is 0 Å². The van der Waals surface area contributed by atoms with Crippen molar-refractivity contribution in [3.05, 3.63) is 121 Å². The van der Waals surface area contributed by atoms with E-state index >= 15 is 0 Å². The number of carbonyl (C=O) groups is 4. The third-order valence-electron chi connectivity index (χ3n) is 12.9. The van der Waals surface area contributed by atoms with Gasteiger partial charge in [0.05, 0.1) is 26.3 Å². The first kappa shape index (κ1) is 98.2. The van der Waals surface area contributed by atoms with E-state index < -0.39 is 42.7 Å². The van der Waals surface area contributed by atoms with Crippen LogP contribution in [-0.2, 0) is 39.6 Å². The summed E-state index contributed by atoms with van der Waals surface area (Å²) in [5.74, 6) is 0. The lowest BCUT2D eigenvalue weighted by atomic mass is 9.40. The first-order chi connectivity index (χ1) is 46.1. The molecule has 0 N–H and O–H groups in total. The number of amides is 4. The smallest absolute Gasteiger partial charge is 0.410 e. The normalized spacial score (nSPS) is 15.3. The van der Waals surface area contributed by atoms with E-state index in [1.165, 1.54) is 4.90 Å². The predicted molar refractivity (Wildman–Crippen MR) is 424 cm³/mol. The number of sulfone groups is 1. The van der Waals surface area contributed by atoms with Crippen LogP contribution in [0, 0.1) is 0 Å². The highest BCUT2D eigenvalue weighted by Gasteiger charge is 2.35. The van der Waals surface area contributed by atoms with Crippen LogP contribution < -0.4 is 0 Å². The van der Waals surface area contributed by atoms with E-state index in [0.717, 1.165) is 81.6 Å². The Hall–Kier alpha value is -3.99. The highest BCUT2D eigenvalue weighted by atomic mass is 79.9. The molecular weight excluding hydrogens is 1420 g/mol. The summed E-state index contributed by atoms with van der Waals surface area (Å²) in [5, 5.41) is 0.468. The molecule has 98 heavy (non-hydrogen) atoms. The van der Waals surface area contributed by atoms with Gasteiger partial charge in [0.15, 0.2) is 9.84 Å². The standard InChI is InChI=1S/C16H23NO4S.C16H23NO3S.C16H23NO2S.C10H18BrNO2.C6H6S.4C2H6.CH2Cl2.B3/c1-16(2,3)21-15(18)17-11-9-14(10-12-17)22(19,20)13-7-5-4-6-8-13;1-16(2,3)20-15(18)17-11-9-14(10-12-17)21(19)13-7-5-4-6-8-13;1-16(2,3)19-15(18)17-11-9-14(10-12-17)20-13-7-5-4-6-8-13;1-10(2,3)14-9(13)12-6-4-8(11)5-7-12;7-6-4-2-1-3-5-6;4*1-2;2-1-3;1-3-2/h4-8,14H,9-12H2,1-3H3;4-8,14H,9-12H2,1-3H3;4-8,14H,9-12H2,1-3H3;8H,4-7H2,1-3H3;1-5,7H;4*1-2H3;1H2;. The summed E-state index contributed by atoms with van der Waals surface area (Å²) in [6, 6.07) is 38.3. The number of ether oxygens (including phenoxy) is 4. The number of piperidine rings is 4. The maximum Gasteiger partial charge on any atom is 0.410 e. The van der Waals surface area contributed by atoms with Crippen molar-refractivity contribution in [2.24, 2.45) is 0 Å². The summed E-state index contributed by atoms with van der Waals surface area (Å²) in [4.78, 5) is 58.6. The maximum atomic E-state index is 12.6. The van der Waals surface area contributed by atoms with Crippen LogP contribution in [-0.4, -0.2) is 180 Å². The number of thioether (sulfide) groups is 1. The summed E-state index contributed by atoms with van der Waals surface area (Å²) < 4.78 is 59.0. The molecule has 0 spiro atoms.